The quantitative estimate of drug-likeness (QED) is 0.656. The van der Waals surface area contributed by atoms with Crippen molar-refractivity contribution in [1.82, 2.24) is 10.6 Å². The monoisotopic (exact) mass is 368 g/mol. The van der Waals surface area contributed by atoms with Gasteiger partial charge in [0.2, 0.25) is 0 Å². The van der Waals surface area contributed by atoms with E-state index in [9.17, 15) is 9.90 Å². The molecule has 0 saturated heterocycles. The third-order valence-electron chi connectivity index (χ3n) is 4.99. The summed E-state index contributed by atoms with van der Waals surface area (Å²) >= 11 is 0. The molecule has 1 amide bonds. The minimum atomic E-state index is -0.565. The van der Waals surface area contributed by atoms with Gasteiger partial charge in [0.25, 0.3) is 5.91 Å². The average molecular weight is 368 g/mol. The van der Waals surface area contributed by atoms with E-state index in [1.807, 2.05) is 42.5 Å². The number of aliphatic hydroxyl groups excluding tert-OH is 1. The molecule has 0 heterocycles. The fourth-order valence-corrected chi connectivity index (χ4v) is 3.50. The van der Waals surface area contributed by atoms with Crippen molar-refractivity contribution in [3.63, 3.8) is 0 Å². The largest absolute Gasteiger partial charge is 0.491 e. The molecule has 0 saturated carbocycles. The summed E-state index contributed by atoms with van der Waals surface area (Å²) in [5.41, 5.74) is 3.24. The van der Waals surface area contributed by atoms with Gasteiger partial charge >= 0.3 is 0 Å². The minimum absolute atomic E-state index is 0.0555. The number of fused-ring (bicyclic) bond motifs is 1. The SMILES string of the molecule is CNC(=O)c1ccc2c(c1)CC(NC[C@H](O)COc1ccccc1)CCC2. The normalized spacial score (nSPS) is 17.5. The summed E-state index contributed by atoms with van der Waals surface area (Å²) in [6, 6.07) is 15.8. The predicted octanol–water partition coefficient (Wildman–Crippen LogP) is 2.32. The van der Waals surface area contributed by atoms with Crippen LogP contribution in [0.25, 0.3) is 0 Å². The molecule has 5 nitrogen and oxygen atoms in total. The molecule has 3 N–H and O–H groups in total. The van der Waals surface area contributed by atoms with Crippen molar-refractivity contribution in [2.24, 2.45) is 0 Å². The molecule has 5 heteroatoms. The zero-order valence-corrected chi connectivity index (χ0v) is 15.8. The Morgan fingerprint density at radius 1 is 1.22 bits per heavy atom. The van der Waals surface area contributed by atoms with E-state index >= 15 is 0 Å². The van der Waals surface area contributed by atoms with Crippen molar-refractivity contribution < 1.29 is 14.6 Å². The lowest BCUT2D eigenvalue weighted by Gasteiger charge is -2.20. The highest BCUT2D eigenvalue weighted by Crippen LogP contribution is 2.22. The highest BCUT2D eigenvalue weighted by Gasteiger charge is 2.19. The summed E-state index contributed by atoms with van der Waals surface area (Å²) in [6.45, 7) is 0.753. The van der Waals surface area contributed by atoms with Gasteiger partial charge in [0.15, 0.2) is 0 Å². The lowest BCUT2D eigenvalue weighted by atomic mass is 9.98. The molecule has 2 aromatic carbocycles. The Hall–Kier alpha value is -2.37. The zero-order chi connectivity index (χ0) is 19.1. The van der Waals surface area contributed by atoms with Crippen molar-refractivity contribution in [1.29, 1.82) is 0 Å². The van der Waals surface area contributed by atoms with Crippen LogP contribution in [0.15, 0.2) is 48.5 Å². The van der Waals surface area contributed by atoms with Gasteiger partial charge in [-0.25, -0.2) is 0 Å². The number of aryl methyl sites for hydroxylation is 1. The highest BCUT2D eigenvalue weighted by atomic mass is 16.5. The molecule has 27 heavy (non-hydrogen) atoms. The number of carbonyl (C=O) groups excluding carboxylic acids is 1. The lowest BCUT2D eigenvalue weighted by Crippen LogP contribution is -2.39. The molecule has 0 aliphatic heterocycles. The molecule has 144 valence electrons. The second-order valence-corrected chi connectivity index (χ2v) is 7.04. The first-order chi connectivity index (χ1) is 13.2. The number of para-hydroxylation sites is 1. The van der Waals surface area contributed by atoms with E-state index in [-0.39, 0.29) is 18.6 Å². The van der Waals surface area contributed by atoms with Crippen molar-refractivity contribution in [3.8, 4) is 5.75 Å². The maximum absolute atomic E-state index is 11.9. The van der Waals surface area contributed by atoms with E-state index in [1.165, 1.54) is 11.1 Å². The first-order valence-corrected chi connectivity index (χ1v) is 9.59. The number of nitrogens with one attached hydrogen (secondary N) is 2. The third-order valence-corrected chi connectivity index (χ3v) is 4.99. The molecule has 1 aliphatic rings. The van der Waals surface area contributed by atoms with Gasteiger partial charge in [-0.05, 0) is 61.1 Å². The van der Waals surface area contributed by atoms with Crippen LogP contribution in [0, 0.1) is 0 Å². The number of amides is 1. The first-order valence-electron chi connectivity index (χ1n) is 9.59. The summed E-state index contributed by atoms with van der Waals surface area (Å²) < 4.78 is 5.61. The first kappa shape index (κ1) is 19.4. The Labute approximate surface area is 160 Å². The number of hydrogen-bond donors (Lipinski definition) is 3. The number of hydrogen-bond acceptors (Lipinski definition) is 4. The number of aliphatic hydroxyl groups is 1. The third kappa shape index (κ3) is 5.55. The minimum Gasteiger partial charge on any atom is -0.491 e. The van der Waals surface area contributed by atoms with Gasteiger partial charge in [0.1, 0.15) is 18.5 Å². The van der Waals surface area contributed by atoms with Crippen LogP contribution < -0.4 is 15.4 Å². The zero-order valence-electron chi connectivity index (χ0n) is 15.8. The van der Waals surface area contributed by atoms with Gasteiger partial charge in [-0.15, -0.1) is 0 Å². The molecule has 0 bridgehead atoms. The van der Waals surface area contributed by atoms with E-state index in [0.717, 1.165) is 31.4 Å². The molecule has 0 fully saturated rings. The lowest BCUT2D eigenvalue weighted by molar-refractivity contribution is 0.0963. The maximum atomic E-state index is 11.9. The molecule has 2 atom stereocenters. The van der Waals surface area contributed by atoms with Gasteiger partial charge in [-0.2, -0.15) is 0 Å². The Morgan fingerprint density at radius 3 is 2.81 bits per heavy atom. The van der Waals surface area contributed by atoms with E-state index in [4.69, 9.17) is 4.74 Å². The Bertz CT molecular complexity index is 748. The van der Waals surface area contributed by atoms with Crippen LogP contribution in [-0.2, 0) is 12.8 Å². The fraction of sp³-hybridized carbons (Fsp3) is 0.409. The maximum Gasteiger partial charge on any atom is 0.251 e. The van der Waals surface area contributed by atoms with Gasteiger partial charge in [0.05, 0.1) is 0 Å². The fourth-order valence-electron chi connectivity index (χ4n) is 3.50. The molecule has 0 aromatic heterocycles. The van der Waals surface area contributed by atoms with Crippen molar-refractivity contribution in [3.05, 3.63) is 65.2 Å². The molecule has 1 aliphatic carbocycles. The second kappa shape index (κ2) is 9.53. The predicted molar refractivity (Wildman–Crippen MR) is 106 cm³/mol. The van der Waals surface area contributed by atoms with Gasteiger partial charge in [-0.3, -0.25) is 4.79 Å². The van der Waals surface area contributed by atoms with Crippen LogP contribution in [0.2, 0.25) is 0 Å². The number of rotatable bonds is 7. The van der Waals surface area contributed by atoms with Crippen LogP contribution in [0.3, 0.4) is 0 Å². The number of benzene rings is 2. The van der Waals surface area contributed by atoms with Crippen LogP contribution in [-0.4, -0.2) is 43.4 Å². The topological polar surface area (TPSA) is 70.6 Å². The standard InChI is InChI=1S/C22H28N2O3/c1-23-22(26)17-11-10-16-6-5-7-19(13-18(16)12-17)24-14-20(25)15-27-21-8-3-2-4-9-21/h2-4,8-12,19-20,24-25H,5-7,13-15H2,1H3,(H,23,26)/t19?,20-/m0/s1. The molecule has 2 aromatic rings. The van der Waals surface area contributed by atoms with Crippen LogP contribution >= 0.6 is 0 Å². The number of ether oxygens (including phenoxy) is 1. The Kier molecular flexibility index (Phi) is 6.85. The van der Waals surface area contributed by atoms with Gasteiger partial charge in [0, 0.05) is 25.2 Å². The van der Waals surface area contributed by atoms with Gasteiger partial charge < -0.3 is 20.5 Å². The molecule has 3 rings (SSSR count). The van der Waals surface area contributed by atoms with Gasteiger partial charge in [-0.1, -0.05) is 24.3 Å². The van der Waals surface area contributed by atoms with Crippen LogP contribution in [0.4, 0.5) is 0 Å². The summed E-state index contributed by atoms with van der Waals surface area (Å²) in [5, 5.41) is 16.4. The second-order valence-electron chi connectivity index (χ2n) is 7.04. The smallest absolute Gasteiger partial charge is 0.251 e. The molecule has 1 unspecified atom stereocenters. The van der Waals surface area contributed by atoms with E-state index in [0.29, 0.717) is 12.1 Å². The summed E-state index contributed by atoms with van der Waals surface area (Å²) in [5.74, 6) is 0.710. The van der Waals surface area contributed by atoms with Crippen molar-refractivity contribution in [2.45, 2.75) is 37.8 Å². The van der Waals surface area contributed by atoms with E-state index < -0.39 is 6.10 Å². The number of carbonyl (C=O) groups is 1. The summed E-state index contributed by atoms with van der Waals surface area (Å²) in [4.78, 5) is 11.9. The highest BCUT2D eigenvalue weighted by molar-refractivity contribution is 5.94. The van der Waals surface area contributed by atoms with E-state index in [1.54, 1.807) is 7.05 Å². The summed E-state index contributed by atoms with van der Waals surface area (Å²) in [6.07, 6.45) is 3.48. The van der Waals surface area contributed by atoms with E-state index in [2.05, 4.69) is 16.7 Å². The van der Waals surface area contributed by atoms with Crippen molar-refractivity contribution >= 4 is 5.91 Å². The summed E-state index contributed by atoms with van der Waals surface area (Å²) in [7, 11) is 1.65. The Morgan fingerprint density at radius 2 is 2.04 bits per heavy atom. The van der Waals surface area contributed by atoms with Crippen LogP contribution in [0.1, 0.15) is 34.3 Å². The Balaban J connectivity index is 1.53. The molecule has 0 spiro atoms. The van der Waals surface area contributed by atoms with Crippen molar-refractivity contribution in [2.75, 3.05) is 20.2 Å². The molecular formula is C22H28N2O3. The molecular weight excluding hydrogens is 340 g/mol. The van der Waals surface area contributed by atoms with Crippen LogP contribution in [0.5, 0.6) is 5.75 Å². The average Bonchev–Trinajstić information content (AvgIpc) is 2.92. The molecule has 0 radical (unpaired) electrons.